The van der Waals surface area contributed by atoms with Crippen molar-refractivity contribution in [2.24, 2.45) is 0 Å². The predicted octanol–water partition coefficient (Wildman–Crippen LogP) is 4.24. The van der Waals surface area contributed by atoms with Gasteiger partial charge in [0.2, 0.25) is 15.8 Å². The van der Waals surface area contributed by atoms with Gasteiger partial charge >= 0.3 is 6.18 Å². The second-order valence-electron chi connectivity index (χ2n) is 6.99. The predicted molar refractivity (Wildman–Crippen MR) is 103 cm³/mol. The number of benzene rings is 2. The SMILES string of the molecule is O=C(CCc1cccc2c1CCC(NS(=O)(=O)c1ccc(Cl)cc1)C2)C(F)(F)F. The van der Waals surface area contributed by atoms with Gasteiger partial charge in [0.25, 0.3) is 0 Å². The summed E-state index contributed by atoms with van der Waals surface area (Å²) in [4.78, 5) is 11.3. The molecule has 0 bridgehead atoms. The summed E-state index contributed by atoms with van der Waals surface area (Å²) >= 11 is 5.80. The van der Waals surface area contributed by atoms with Gasteiger partial charge in [-0.25, -0.2) is 13.1 Å². The zero-order valence-corrected chi connectivity index (χ0v) is 16.9. The van der Waals surface area contributed by atoms with Crippen LogP contribution < -0.4 is 4.72 Å². The van der Waals surface area contributed by atoms with Crippen molar-refractivity contribution in [2.75, 3.05) is 0 Å². The van der Waals surface area contributed by atoms with Crippen LogP contribution in [0.4, 0.5) is 13.2 Å². The average molecular weight is 446 g/mol. The molecule has 0 aliphatic heterocycles. The molecule has 1 aliphatic carbocycles. The Labute approximate surface area is 172 Å². The first-order chi connectivity index (χ1) is 13.6. The Morgan fingerprint density at radius 2 is 1.83 bits per heavy atom. The molecule has 29 heavy (non-hydrogen) atoms. The number of carbonyl (C=O) groups excluding carboxylic acids is 1. The van der Waals surface area contributed by atoms with E-state index >= 15 is 0 Å². The van der Waals surface area contributed by atoms with Gasteiger partial charge in [-0.05, 0) is 66.6 Å². The number of sulfonamides is 1. The molecule has 1 N–H and O–H groups in total. The first-order valence-electron chi connectivity index (χ1n) is 9.04. The summed E-state index contributed by atoms with van der Waals surface area (Å²) in [6, 6.07) is 10.8. The van der Waals surface area contributed by atoms with Crippen LogP contribution >= 0.6 is 11.6 Å². The van der Waals surface area contributed by atoms with Crippen LogP contribution in [-0.2, 0) is 34.1 Å². The number of nitrogens with one attached hydrogen (secondary N) is 1. The number of alkyl halides is 3. The van der Waals surface area contributed by atoms with E-state index in [9.17, 15) is 26.4 Å². The maximum atomic E-state index is 12.6. The highest BCUT2D eigenvalue weighted by molar-refractivity contribution is 7.89. The molecule has 0 spiro atoms. The summed E-state index contributed by atoms with van der Waals surface area (Å²) in [7, 11) is -3.71. The molecule has 0 heterocycles. The second kappa shape index (κ2) is 8.45. The van der Waals surface area contributed by atoms with E-state index in [2.05, 4.69) is 4.72 Å². The minimum Gasteiger partial charge on any atom is -0.290 e. The third-order valence-corrected chi connectivity index (χ3v) is 6.75. The standard InChI is InChI=1S/C20H19ClF3NO3S/c21-15-5-8-17(9-6-15)29(27,28)25-16-7-10-18-13(2-1-3-14(18)12-16)4-11-19(26)20(22,23)24/h1-3,5-6,8-9,16,25H,4,7,10-12H2. The number of rotatable bonds is 6. The summed E-state index contributed by atoms with van der Waals surface area (Å²) in [5, 5.41) is 0.437. The fourth-order valence-electron chi connectivity index (χ4n) is 3.51. The van der Waals surface area contributed by atoms with E-state index in [1.165, 1.54) is 24.3 Å². The third-order valence-electron chi connectivity index (χ3n) is 4.96. The quantitative estimate of drug-likeness (QED) is 0.723. The zero-order chi connectivity index (χ0) is 21.2. The summed E-state index contributed by atoms with van der Waals surface area (Å²) in [6.45, 7) is 0. The lowest BCUT2D eigenvalue weighted by Crippen LogP contribution is -2.39. The molecular weight excluding hydrogens is 427 g/mol. The molecule has 1 unspecified atom stereocenters. The van der Waals surface area contributed by atoms with Gasteiger partial charge < -0.3 is 0 Å². The Hall–Kier alpha value is -1.90. The van der Waals surface area contributed by atoms with Crippen LogP contribution in [0.25, 0.3) is 0 Å². The van der Waals surface area contributed by atoms with Crippen molar-refractivity contribution in [2.45, 2.75) is 49.2 Å². The maximum Gasteiger partial charge on any atom is 0.449 e. The summed E-state index contributed by atoms with van der Waals surface area (Å²) < 4.78 is 65.1. The topological polar surface area (TPSA) is 63.2 Å². The molecule has 0 amide bonds. The van der Waals surface area contributed by atoms with E-state index in [-0.39, 0.29) is 17.4 Å². The number of fused-ring (bicyclic) bond motifs is 1. The van der Waals surface area contributed by atoms with Crippen molar-refractivity contribution >= 4 is 27.4 Å². The highest BCUT2D eigenvalue weighted by atomic mass is 35.5. The van der Waals surface area contributed by atoms with Crippen molar-refractivity contribution in [1.29, 1.82) is 0 Å². The molecule has 156 valence electrons. The molecule has 9 heteroatoms. The molecule has 0 saturated heterocycles. The monoisotopic (exact) mass is 445 g/mol. The van der Waals surface area contributed by atoms with E-state index in [1.807, 2.05) is 6.07 Å². The molecule has 2 aromatic rings. The Morgan fingerprint density at radius 1 is 1.14 bits per heavy atom. The van der Waals surface area contributed by atoms with Crippen LogP contribution in [0.1, 0.15) is 29.5 Å². The van der Waals surface area contributed by atoms with Crippen molar-refractivity contribution in [1.82, 2.24) is 4.72 Å². The van der Waals surface area contributed by atoms with Gasteiger partial charge in [0.1, 0.15) is 0 Å². The van der Waals surface area contributed by atoms with E-state index in [0.29, 0.717) is 29.8 Å². The van der Waals surface area contributed by atoms with E-state index in [1.54, 1.807) is 12.1 Å². The first-order valence-corrected chi connectivity index (χ1v) is 10.9. The van der Waals surface area contributed by atoms with E-state index in [0.717, 1.165) is 11.1 Å². The lowest BCUT2D eigenvalue weighted by Gasteiger charge is -2.27. The largest absolute Gasteiger partial charge is 0.449 e. The first kappa shape index (κ1) is 21.8. The van der Waals surface area contributed by atoms with Crippen molar-refractivity contribution in [3.63, 3.8) is 0 Å². The van der Waals surface area contributed by atoms with Crippen LogP contribution in [0.3, 0.4) is 0 Å². The highest BCUT2D eigenvalue weighted by Crippen LogP contribution is 2.28. The lowest BCUT2D eigenvalue weighted by atomic mass is 9.84. The Balaban J connectivity index is 1.70. The van der Waals surface area contributed by atoms with E-state index < -0.39 is 28.4 Å². The average Bonchev–Trinajstić information content (AvgIpc) is 2.65. The molecule has 0 radical (unpaired) electrons. The van der Waals surface area contributed by atoms with Crippen LogP contribution in [0.15, 0.2) is 47.4 Å². The van der Waals surface area contributed by atoms with Crippen LogP contribution in [0.5, 0.6) is 0 Å². The molecule has 4 nitrogen and oxygen atoms in total. The third kappa shape index (κ3) is 5.38. The molecule has 0 saturated carbocycles. The number of carbonyl (C=O) groups is 1. The molecule has 0 fully saturated rings. The van der Waals surface area contributed by atoms with Crippen molar-refractivity contribution in [3.05, 3.63) is 64.2 Å². The molecule has 3 rings (SSSR count). The van der Waals surface area contributed by atoms with E-state index in [4.69, 9.17) is 11.6 Å². The summed E-state index contributed by atoms with van der Waals surface area (Å²) in [5.74, 6) is -1.74. The number of ketones is 1. The summed E-state index contributed by atoms with van der Waals surface area (Å²) in [5.41, 5.74) is 2.50. The smallest absolute Gasteiger partial charge is 0.290 e. The molecule has 1 aliphatic rings. The van der Waals surface area contributed by atoms with Gasteiger partial charge in [-0.2, -0.15) is 13.2 Å². The molecule has 2 aromatic carbocycles. The van der Waals surface area contributed by atoms with Gasteiger partial charge in [-0.1, -0.05) is 29.8 Å². The fraction of sp³-hybridized carbons (Fsp3) is 0.350. The van der Waals surface area contributed by atoms with Gasteiger partial charge in [-0.3, -0.25) is 4.79 Å². The Morgan fingerprint density at radius 3 is 2.48 bits per heavy atom. The number of aryl methyl sites for hydroxylation is 1. The zero-order valence-electron chi connectivity index (χ0n) is 15.3. The Bertz CT molecular complexity index is 1000. The fourth-order valence-corrected chi connectivity index (χ4v) is 4.91. The summed E-state index contributed by atoms with van der Waals surface area (Å²) in [6.07, 6.45) is -3.91. The maximum absolute atomic E-state index is 12.6. The minimum atomic E-state index is -4.82. The highest BCUT2D eigenvalue weighted by Gasteiger charge is 2.37. The second-order valence-corrected chi connectivity index (χ2v) is 9.14. The van der Waals surface area contributed by atoms with Gasteiger partial charge in [0.05, 0.1) is 4.90 Å². The van der Waals surface area contributed by atoms with Crippen molar-refractivity contribution < 1.29 is 26.4 Å². The lowest BCUT2D eigenvalue weighted by molar-refractivity contribution is -0.171. The molecule has 0 aromatic heterocycles. The number of hydrogen-bond donors (Lipinski definition) is 1. The molecular formula is C20H19ClF3NO3S. The minimum absolute atomic E-state index is 0.0166. The van der Waals surface area contributed by atoms with Crippen LogP contribution in [-0.4, -0.2) is 26.4 Å². The molecule has 1 atom stereocenters. The number of halogens is 4. The number of Topliss-reactive ketones (excluding diaryl/α,β-unsaturated/α-hetero) is 1. The number of hydrogen-bond acceptors (Lipinski definition) is 3. The Kier molecular flexibility index (Phi) is 6.36. The van der Waals surface area contributed by atoms with Crippen LogP contribution in [0, 0.1) is 0 Å². The van der Waals surface area contributed by atoms with Gasteiger partial charge in [0.15, 0.2) is 0 Å². The van der Waals surface area contributed by atoms with Crippen LogP contribution in [0.2, 0.25) is 5.02 Å². The van der Waals surface area contributed by atoms with Gasteiger partial charge in [0, 0.05) is 17.5 Å². The normalized spacial score (nSPS) is 17.0. The van der Waals surface area contributed by atoms with Crippen molar-refractivity contribution in [3.8, 4) is 0 Å². The van der Waals surface area contributed by atoms with Gasteiger partial charge in [-0.15, -0.1) is 0 Å².